The van der Waals surface area contributed by atoms with E-state index >= 15 is 0 Å². The Kier molecular flexibility index (Phi) is 7.08. The van der Waals surface area contributed by atoms with E-state index in [1.807, 2.05) is 0 Å². The van der Waals surface area contributed by atoms with Crippen LogP contribution in [0.15, 0.2) is 30.0 Å². The zero-order valence-corrected chi connectivity index (χ0v) is 26.8. The summed E-state index contributed by atoms with van der Waals surface area (Å²) in [5.41, 5.74) is 6.04. The summed E-state index contributed by atoms with van der Waals surface area (Å²) in [6.45, 7) is 21.3. The molecule has 4 unspecified atom stereocenters. The number of aromatic nitrogens is 4. The first-order chi connectivity index (χ1) is 17.2. The summed E-state index contributed by atoms with van der Waals surface area (Å²) in [5.74, 6) is 0. The summed E-state index contributed by atoms with van der Waals surface area (Å²) >= 11 is 0. The lowest BCUT2D eigenvalue weighted by Crippen LogP contribution is -2.59. The largest absolute Gasteiger partial charge is 0.414 e. The molecule has 2 N–H and O–H groups in total. The molecule has 2 aromatic rings. The number of nitrogens with zero attached hydrogens (tertiary/aromatic N) is 4. The molecule has 0 aliphatic carbocycles. The van der Waals surface area contributed by atoms with Gasteiger partial charge in [0.15, 0.2) is 34.1 Å². The average Bonchev–Trinajstić information content (AvgIpc) is 3.37. The van der Waals surface area contributed by atoms with Crippen molar-refractivity contribution in [3.05, 3.63) is 30.0 Å². The van der Waals surface area contributed by atoms with Crippen LogP contribution in [0.3, 0.4) is 0 Å². The number of hydrogen-bond donors (Lipinski definition) is 1. The van der Waals surface area contributed by atoms with Crippen molar-refractivity contribution in [2.24, 2.45) is 5.73 Å². The molecular formula is C24H41N5O6SSi2. The standard InChI is InChI=1S/C24H41N5O6SSi2/c1-22(2,3)37(7,8)32-12-18-24(17(25)13-36(30,31)35-24)19(34-38(9,10)23(4,5)6)21(33-18)29-15-28-16-11-26-14-27-20(16)29/h11,13-15,18-19,21H,12,25H2,1-10H3. The Hall–Kier alpha value is -1.69. The third-order valence-corrected chi connectivity index (χ3v) is 18.6. The molecule has 1 spiro atoms. The number of nitrogens with two attached hydrogens (primary N) is 1. The van der Waals surface area contributed by atoms with Crippen LogP contribution in [0.2, 0.25) is 36.3 Å². The molecule has 4 rings (SSSR count). The SMILES string of the molecule is CC(C)(C)[Si](C)(C)OCC1OC(n2cnc3cncnc32)C(O[Si](C)(C)C(C)(C)C)C12OS(=O)(=O)C=C2N. The fourth-order valence-electron chi connectivity index (χ4n) is 4.19. The lowest BCUT2D eigenvalue weighted by molar-refractivity contribution is -0.0535. The molecule has 0 radical (unpaired) electrons. The zero-order chi connectivity index (χ0) is 28.5. The number of rotatable bonds is 6. The van der Waals surface area contributed by atoms with Crippen molar-refractivity contribution in [1.29, 1.82) is 0 Å². The summed E-state index contributed by atoms with van der Waals surface area (Å²) in [7, 11) is -8.85. The molecule has 1 fully saturated rings. The minimum atomic E-state index is -4.09. The second kappa shape index (κ2) is 9.18. The van der Waals surface area contributed by atoms with Gasteiger partial charge in [-0.25, -0.2) is 19.1 Å². The van der Waals surface area contributed by atoms with Gasteiger partial charge in [0.2, 0.25) is 0 Å². The highest BCUT2D eigenvalue weighted by Gasteiger charge is 2.67. The van der Waals surface area contributed by atoms with Crippen LogP contribution < -0.4 is 5.73 Å². The molecule has 14 heteroatoms. The maximum Gasteiger partial charge on any atom is 0.292 e. The van der Waals surface area contributed by atoms with Gasteiger partial charge in [0, 0.05) is 0 Å². The molecule has 11 nitrogen and oxygen atoms in total. The molecule has 4 heterocycles. The highest BCUT2D eigenvalue weighted by atomic mass is 32.2. The molecule has 2 aliphatic heterocycles. The van der Waals surface area contributed by atoms with E-state index in [1.54, 1.807) is 17.1 Å². The van der Waals surface area contributed by atoms with Crippen LogP contribution in [0.25, 0.3) is 11.2 Å². The van der Waals surface area contributed by atoms with E-state index in [4.69, 9.17) is 23.5 Å². The van der Waals surface area contributed by atoms with Gasteiger partial charge < -0.3 is 19.3 Å². The van der Waals surface area contributed by atoms with Crippen LogP contribution in [-0.4, -0.2) is 69.0 Å². The third kappa shape index (κ3) is 4.88. The number of hydrogen-bond acceptors (Lipinski definition) is 10. The van der Waals surface area contributed by atoms with Gasteiger partial charge in [-0.2, -0.15) is 8.42 Å². The van der Waals surface area contributed by atoms with Crippen LogP contribution in [0.5, 0.6) is 0 Å². The molecule has 4 atom stereocenters. The van der Waals surface area contributed by atoms with E-state index in [1.165, 1.54) is 6.33 Å². The first-order valence-corrected chi connectivity index (χ1v) is 20.0. The van der Waals surface area contributed by atoms with Gasteiger partial charge in [-0.05, 0) is 36.3 Å². The maximum atomic E-state index is 12.9. The first kappa shape index (κ1) is 29.3. The minimum Gasteiger partial charge on any atom is -0.414 e. The summed E-state index contributed by atoms with van der Waals surface area (Å²) in [4.78, 5) is 12.9. The topological polar surface area (TPSA) is 141 Å². The normalized spacial score (nSPS) is 28.4. The zero-order valence-electron chi connectivity index (χ0n) is 24.0. The number of fused-ring (bicyclic) bond motifs is 1. The van der Waals surface area contributed by atoms with Gasteiger partial charge in [0.25, 0.3) is 10.1 Å². The van der Waals surface area contributed by atoms with Gasteiger partial charge in [-0.3, -0.25) is 4.57 Å². The monoisotopic (exact) mass is 583 g/mol. The molecule has 2 aliphatic rings. The first-order valence-electron chi connectivity index (χ1n) is 12.7. The van der Waals surface area contributed by atoms with Crippen molar-refractivity contribution in [2.75, 3.05) is 6.61 Å². The van der Waals surface area contributed by atoms with Crippen molar-refractivity contribution in [1.82, 2.24) is 19.5 Å². The van der Waals surface area contributed by atoms with Crippen LogP contribution in [0, 0.1) is 0 Å². The Morgan fingerprint density at radius 2 is 1.71 bits per heavy atom. The van der Waals surface area contributed by atoms with Crippen LogP contribution in [-0.2, 0) is 27.9 Å². The Bertz CT molecular complexity index is 1350. The van der Waals surface area contributed by atoms with Gasteiger partial charge in [0.1, 0.15) is 24.1 Å². The predicted octanol–water partition coefficient (Wildman–Crippen LogP) is 4.03. The molecule has 0 bridgehead atoms. The summed E-state index contributed by atoms with van der Waals surface area (Å²) in [6, 6.07) is 0. The van der Waals surface area contributed by atoms with E-state index in [-0.39, 0.29) is 22.4 Å². The van der Waals surface area contributed by atoms with Crippen LogP contribution in [0.1, 0.15) is 47.8 Å². The van der Waals surface area contributed by atoms with Gasteiger partial charge >= 0.3 is 0 Å². The summed E-state index contributed by atoms with van der Waals surface area (Å²) < 4.78 is 53.5. The lowest BCUT2D eigenvalue weighted by Gasteiger charge is -2.43. The summed E-state index contributed by atoms with van der Waals surface area (Å²) in [6.07, 6.45) is 2.01. The van der Waals surface area contributed by atoms with Crippen molar-refractivity contribution in [3.8, 4) is 0 Å². The van der Waals surface area contributed by atoms with Crippen molar-refractivity contribution < 1.29 is 26.2 Å². The third-order valence-electron chi connectivity index (χ3n) is 8.58. The second-order valence-corrected chi connectivity index (χ2v) is 24.2. The smallest absolute Gasteiger partial charge is 0.292 e. The van der Waals surface area contributed by atoms with E-state index in [9.17, 15) is 8.42 Å². The van der Waals surface area contributed by atoms with Gasteiger partial charge in [0.05, 0.1) is 30.2 Å². The Balaban J connectivity index is 1.87. The molecule has 0 aromatic carbocycles. The van der Waals surface area contributed by atoms with Crippen LogP contribution in [0.4, 0.5) is 0 Å². The molecule has 38 heavy (non-hydrogen) atoms. The van der Waals surface area contributed by atoms with Gasteiger partial charge in [-0.1, -0.05) is 41.5 Å². The van der Waals surface area contributed by atoms with E-state index in [2.05, 4.69) is 82.7 Å². The number of imidazole rings is 1. The fraction of sp³-hybridized carbons (Fsp3) is 0.708. The molecular weight excluding hydrogens is 543 g/mol. The molecule has 0 amide bonds. The maximum absolute atomic E-state index is 12.9. The number of ether oxygens (including phenoxy) is 1. The Morgan fingerprint density at radius 1 is 1.08 bits per heavy atom. The average molecular weight is 584 g/mol. The minimum absolute atomic E-state index is 0.0339. The molecule has 2 aromatic heterocycles. The molecule has 0 saturated carbocycles. The fourth-order valence-corrected chi connectivity index (χ4v) is 7.69. The van der Waals surface area contributed by atoms with Crippen LogP contribution >= 0.6 is 0 Å². The molecule has 212 valence electrons. The van der Waals surface area contributed by atoms with Crippen molar-refractivity contribution in [2.45, 2.75) is 102 Å². The highest BCUT2D eigenvalue weighted by Crippen LogP contribution is 2.52. The van der Waals surface area contributed by atoms with E-state index < -0.39 is 50.8 Å². The Morgan fingerprint density at radius 3 is 2.26 bits per heavy atom. The molecule has 1 saturated heterocycles. The van der Waals surface area contributed by atoms with Crippen molar-refractivity contribution >= 4 is 37.9 Å². The Labute approximate surface area is 227 Å². The van der Waals surface area contributed by atoms with Crippen molar-refractivity contribution in [3.63, 3.8) is 0 Å². The highest BCUT2D eigenvalue weighted by molar-refractivity contribution is 7.90. The lowest BCUT2D eigenvalue weighted by atomic mass is 9.89. The summed E-state index contributed by atoms with van der Waals surface area (Å²) in [5, 5.41) is 0.703. The second-order valence-electron chi connectivity index (χ2n) is 13.2. The van der Waals surface area contributed by atoms with E-state index in [0.717, 1.165) is 5.41 Å². The predicted molar refractivity (Wildman–Crippen MR) is 149 cm³/mol. The van der Waals surface area contributed by atoms with E-state index in [0.29, 0.717) is 11.2 Å². The quantitative estimate of drug-likeness (QED) is 0.391. The van der Waals surface area contributed by atoms with Gasteiger partial charge in [-0.15, -0.1) is 0 Å².